The van der Waals surface area contributed by atoms with Crippen molar-refractivity contribution in [3.05, 3.63) is 165 Å². The Morgan fingerprint density at radius 3 is 1.58 bits per heavy atom. The molecule has 29 N–H and O–H groups in total. The monoisotopic (exact) mass is 1970 g/mol. The molecule has 748 valence electrons. The van der Waals surface area contributed by atoms with Crippen LogP contribution in [-0.2, 0) is 49.1 Å². The SMILES string of the molecule is COC(=O)C1N=C(O)C2N=C(O)C(N=C(O)C3N=C(O)C4N=C(O)C(Cc5ccc(cc5)Oc5cc3cc(c5OC3OC(CO)C(OC5OC(CO)C(O)C(O)C5O)C(O)C3O)Oc3ccc(cc3Cl)C2OC2CC(N)C(O)C(C)O2)N=C(O)C(N)c2ccc(O)c(c2)Oc2cc4cc(OC3OC(CO)C(O)C(O)C3O)c2C)c2ccc(O)c(c2)-c2c(OC3OC(CO)C(O)C(O)C3O)cc(O)cc21. The van der Waals surface area contributed by atoms with Crippen LogP contribution in [0.5, 0.6) is 69.0 Å². The second kappa shape index (κ2) is 41.2. The molecule has 7 aromatic carbocycles. The van der Waals surface area contributed by atoms with E-state index in [2.05, 4.69) is 20.0 Å². The van der Waals surface area contributed by atoms with Gasteiger partial charge in [-0.15, -0.1) is 0 Å². The fourth-order valence-corrected chi connectivity index (χ4v) is 17.4. The van der Waals surface area contributed by atoms with Gasteiger partial charge in [-0.1, -0.05) is 41.9 Å². The van der Waals surface area contributed by atoms with Crippen molar-refractivity contribution in [2.75, 3.05) is 33.5 Å². The molecule has 17 bridgehead atoms. The molecule has 49 heteroatoms. The Balaban J connectivity index is 0.985. The first-order chi connectivity index (χ1) is 66.2. The molecule has 0 saturated carbocycles. The summed E-state index contributed by atoms with van der Waals surface area (Å²) in [5.74, 6) is -15.8. The van der Waals surface area contributed by atoms with Crippen LogP contribution in [0.2, 0.25) is 5.02 Å². The van der Waals surface area contributed by atoms with Gasteiger partial charge < -0.3 is 205 Å². The van der Waals surface area contributed by atoms with Crippen molar-refractivity contribution in [1.29, 1.82) is 0 Å². The summed E-state index contributed by atoms with van der Waals surface area (Å²) in [5.41, 5.74) is 10.1. The van der Waals surface area contributed by atoms with Crippen molar-refractivity contribution in [3.63, 3.8) is 0 Å². The lowest BCUT2D eigenvalue weighted by Gasteiger charge is -2.45. The number of esters is 1. The van der Waals surface area contributed by atoms with Gasteiger partial charge in [0.25, 0.3) is 0 Å². The summed E-state index contributed by atoms with van der Waals surface area (Å²) in [6.45, 7) is -1.25. The Morgan fingerprint density at radius 2 is 0.964 bits per heavy atom. The van der Waals surface area contributed by atoms with Crippen LogP contribution in [0.25, 0.3) is 11.1 Å². The highest BCUT2D eigenvalue weighted by Gasteiger charge is 2.54. The normalized spacial score (nSPS) is 34.2. The molecular weight excluding hydrogens is 1870 g/mol. The zero-order valence-electron chi connectivity index (χ0n) is 73.2. The van der Waals surface area contributed by atoms with Gasteiger partial charge in [0, 0.05) is 47.2 Å². The number of rotatable bonds is 15. The largest absolute Gasteiger partial charge is 0.508 e. The number of aliphatic hydroxyl groups excluding tert-OH is 22. The molecule has 0 radical (unpaired) electrons. The summed E-state index contributed by atoms with van der Waals surface area (Å²) in [4.78, 5) is 42.6. The Morgan fingerprint density at radius 1 is 0.446 bits per heavy atom. The zero-order chi connectivity index (χ0) is 99.6. The number of ether oxygens (including phenoxy) is 14. The van der Waals surface area contributed by atoms with Crippen LogP contribution in [0, 0.1) is 6.92 Å². The molecule has 139 heavy (non-hydrogen) atoms. The number of aliphatic imine (C=N–C) groups is 6. The predicted molar refractivity (Wildman–Crippen MR) is 473 cm³/mol. The van der Waals surface area contributed by atoms with E-state index < -0.39 is 366 Å². The second-order valence-corrected chi connectivity index (χ2v) is 34.6. The summed E-state index contributed by atoms with van der Waals surface area (Å²) >= 11 is 7.49. The number of benzene rings is 7. The molecule has 32 atom stereocenters. The number of fused-ring (bicyclic) bond motifs is 12. The van der Waals surface area contributed by atoms with E-state index in [0.29, 0.717) is 0 Å². The van der Waals surface area contributed by atoms with E-state index >= 15 is 0 Å². The third-order valence-corrected chi connectivity index (χ3v) is 25.3. The minimum atomic E-state index is -2.55. The predicted octanol–water partition coefficient (Wildman–Crippen LogP) is -0.139. The molecule has 11 aliphatic heterocycles. The van der Waals surface area contributed by atoms with Gasteiger partial charge in [-0.3, -0.25) is 0 Å². The first-order valence-corrected chi connectivity index (χ1v) is 43.8. The Bertz CT molecular complexity index is 5860. The highest BCUT2D eigenvalue weighted by atomic mass is 35.5. The summed E-state index contributed by atoms with van der Waals surface area (Å²) in [6, 6.07) is 5.14. The third kappa shape index (κ3) is 20.1. The smallest absolute Gasteiger partial charge is 0.335 e. The van der Waals surface area contributed by atoms with Crippen LogP contribution in [-0.4, -0.2) is 362 Å². The molecule has 0 aromatic heterocycles. The van der Waals surface area contributed by atoms with Crippen molar-refractivity contribution < 1.29 is 199 Å². The number of carbonyl (C=O) groups is 1. The third-order valence-electron chi connectivity index (χ3n) is 25.0. The summed E-state index contributed by atoms with van der Waals surface area (Å²) in [6.07, 6.45) is -47.4. The quantitative estimate of drug-likeness (QED) is 0.0594. The minimum absolute atomic E-state index is 0.0237. The number of halogens is 1. The molecule has 18 rings (SSSR count). The number of aromatic hydroxyl groups is 3. The standard InChI is InChI=1S/C90H101ClN8O40/c1-29-47-18-35(19-48(29)131-87-73(115)69(111)66(108)53(25-100)133-87)61-83(122)97-62-36-20-51(128-38-9-4-31(5-10-38)14-43(80(119)95-61)94-81(120)59(93)32-6-12-45(106)49(17-32)130-47)78(138-90-76(118)72(114)79(56(28-103)136-90)139-89-75(117)71(113)68(110)55(27-102)135-89)52(21-36)129-46-13-8-34(16-41(46)91)77(137-57-24-42(92)65(107)30(2)127-57)64-85(124)98-63(86(125)126-3)40-22-37(104)23-50(132-88-74(116)70(112)67(109)54(26-101)134-88)58(40)39-15-33(7-11-44(39)105)60(82(121)99-64)96-84(62)123/h4-13,15-23,30,42-43,53-57,59-77,79,87-90,100-118H,14,24-28,92-93H2,1-3H3,(H,94,120)(H,95,119)(H,96,123)(H,97,122)(H,98,124)(H,99,121). The highest BCUT2D eigenvalue weighted by Crippen LogP contribution is 2.53. The molecule has 7 aromatic rings. The maximum atomic E-state index is 14.9. The van der Waals surface area contributed by atoms with Crippen LogP contribution < -0.4 is 39.9 Å². The number of methoxy groups -OCH3 is 1. The van der Waals surface area contributed by atoms with Crippen LogP contribution in [0.1, 0.15) is 94.2 Å². The first kappa shape index (κ1) is 100. The number of phenols is 3. The van der Waals surface area contributed by atoms with E-state index in [1.54, 1.807) is 0 Å². The summed E-state index contributed by atoms with van der Waals surface area (Å²) < 4.78 is 86.9. The number of nitrogens with two attached hydrogens (primary N) is 2. The van der Waals surface area contributed by atoms with Crippen molar-refractivity contribution in [1.82, 2.24) is 0 Å². The van der Waals surface area contributed by atoms with Gasteiger partial charge in [0.2, 0.25) is 60.0 Å². The Hall–Kier alpha value is -11.7. The van der Waals surface area contributed by atoms with Gasteiger partial charge in [-0.05, 0) is 126 Å². The van der Waals surface area contributed by atoms with Crippen LogP contribution in [0.15, 0.2) is 145 Å². The van der Waals surface area contributed by atoms with Crippen LogP contribution in [0.3, 0.4) is 0 Å². The van der Waals surface area contributed by atoms with Gasteiger partial charge in [-0.2, -0.15) is 0 Å². The summed E-state index contributed by atoms with van der Waals surface area (Å²) in [5, 5.41) is 293. The molecule has 5 saturated heterocycles. The minimum Gasteiger partial charge on any atom is -0.508 e. The van der Waals surface area contributed by atoms with Crippen LogP contribution in [0.4, 0.5) is 0 Å². The number of hydrogen-bond acceptors (Lipinski definition) is 42. The average molecular weight is 1970 g/mol. The lowest BCUT2D eigenvalue weighted by Crippen LogP contribution is -2.65. The van der Waals surface area contributed by atoms with Crippen molar-refractivity contribution >= 4 is 53.0 Å². The molecule has 0 spiro atoms. The number of nitrogens with zero attached hydrogens (tertiary/aromatic N) is 6. The maximum absolute atomic E-state index is 14.9. The zero-order valence-corrected chi connectivity index (χ0v) is 74.0. The van der Waals surface area contributed by atoms with Crippen LogP contribution >= 0.6 is 11.6 Å². The first-order valence-electron chi connectivity index (χ1n) is 43.4. The second-order valence-electron chi connectivity index (χ2n) is 34.2. The number of aliphatic hydroxyl groups is 22. The molecule has 32 unspecified atom stereocenters. The fraction of sp³-hybridized carbons (Fsp3) is 0.456. The fourth-order valence-electron chi connectivity index (χ4n) is 17.2. The van der Waals surface area contributed by atoms with Crippen molar-refractivity contribution in [2.24, 2.45) is 41.4 Å². The maximum Gasteiger partial charge on any atom is 0.335 e. The molecular formula is C90H101ClN8O40. The molecule has 11 aliphatic rings. The van der Waals surface area contributed by atoms with E-state index in [1.807, 2.05) is 0 Å². The highest BCUT2D eigenvalue weighted by molar-refractivity contribution is 6.32. The Kier molecular flexibility index (Phi) is 29.8. The molecule has 5 fully saturated rings. The lowest BCUT2D eigenvalue weighted by atomic mass is 9.90. The van der Waals surface area contributed by atoms with Gasteiger partial charge >= 0.3 is 5.97 Å². The van der Waals surface area contributed by atoms with Gasteiger partial charge in [-0.25, -0.2) is 34.7 Å². The molecule has 0 aliphatic carbocycles. The molecule has 0 amide bonds. The number of hydrogen-bond donors (Lipinski definition) is 27. The van der Waals surface area contributed by atoms with E-state index in [9.17, 15) is 132 Å². The topological polar surface area (TPSA) is 778 Å². The Labute approximate surface area is 790 Å². The average Bonchev–Trinajstić information content (AvgIpc) is 0.755. The van der Waals surface area contributed by atoms with Crippen molar-refractivity contribution in [2.45, 2.75) is 222 Å². The van der Waals surface area contributed by atoms with Gasteiger partial charge in [0.15, 0.2) is 65.8 Å². The number of carbonyl (C=O) groups excluding carboxylic acids is 1. The van der Waals surface area contributed by atoms with Gasteiger partial charge in [0.1, 0.15) is 156 Å². The van der Waals surface area contributed by atoms with Gasteiger partial charge in [0.05, 0.1) is 50.8 Å². The van der Waals surface area contributed by atoms with E-state index in [0.717, 1.165) is 79.9 Å². The lowest BCUT2D eigenvalue weighted by molar-refractivity contribution is -0.352. The van der Waals surface area contributed by atoms with E-state index in [-0.39, 0.29) is 40.2 Å². The summed E-state index contributed by atoms with van der Waals surface area (Å²) in [7, 11) is 0.884. The molecule has 48 nitrogen and oxygen atoms in total. The van der Waals surface area contributed by atoms with E-state index in [1.165, 1.54) is 56.3 Å². The van der Waals surface area contributed by atoms with E-state index in [4.69, 9.17) is 99.4 Å². The number of phenolic OH excluding ortho intramolecular Hbond substituents is 3. The van der Waals surface area contributed by atoms with Crippen molar-refractivity contribution in [3.8, 4) is 80.1 Å². The molecule has 11 heterocycles.